The third kappa shape index (κ3) is 2.49. The van der Waals surface area contributed by atoms with Crippen molar-refractivity contribution in [3.05, 3.63) is 35.4 Å². The number of nitrogens with one attached hydrogen (secondary N) is 1. The molecular formula is C12H13F2N3O2. The first-order chi connectivity index (χ1) is 8.99. The second kappa shape index (κ2) is 4.83. The molecule has 19 heavy (non-hydrogen) atoms. The predicted octanol–water partition coefficient (Wildman–Crippen LogP) is 1.11. The Balaban J connectivity index is 2.01. The lowest BCUT2D eigenvalue weighted by molar-refractivity contribution is -0.124. The minimum Gasteiger partial charge on any atom is -0.409 e. The monoisotopic (exact) mass is 269 g/mol. The first-order valence-electron chi connectivity index (χ1n) is 5.70. The highest BCUT2D eigenvalue weighted by molar-refractivity contribution is 6.09. The van der Waals surface area contributed by atoms with Crippen molar-refractivity contribution in [3.63, 3.8) is 0 Å². The van der Waals surface area contributed by atoms with Gasteiger partial charge in [0, 0.05) is 18.2 Å². The lowest BCUT2D eigenvalue weighted by Crippen LogP contribution is -2.40. The molecule has 0 atom stereocenters. The molecule has 0 aromatic heterocycles. The van der Waals surface area contributed by atoms with Crippen LogP contribution < -0.4 is 11.1 Å². The topological polar surface area (TPSA) is 87.7 Å². The van der Waals surface area contributed by atoms with Crippen LogP contribution in [-0.4, -0.2) is 17.0 Å². The van der Waals surface area contributed by atoms with Gasteiger partial charge in [-0.15, -0.1) is 0 Å². The number of nitrogens with zero attached hydrogens (tertiary/aromatic N) is 1. The second-order valence-corrected chi connectivity index (χ2v) is 4.49. The fraction of sp³-hybridized carbons (Fsp3) is 0.333. The Bertz CT molecular complexity index is 542. The Labute approximate surface area is 108 Å². The molecule has 1 aromatic rings. The molecule has 102 valence electrons. The third-order valence-electron chi connectivity index (χ3n) is 3.24. The number of amidine groups is 1. The molecule has 0 spiro atoms. The molecule has 1 aromatic carbocycles. The molecule has 0 saturated heterocycles. The number of amides is 1. The number of oxime groups is 1. The van der Waals surface area contributed by atoms with Gasteiger partial charge >= 0.3 is 0 Å². The fourth-order valence-electron chi connectivity index (χ4n) is 1.83. The first kappa shape index (κ1) is 13.3. The highest BCUT2D eigenvalue weighted by atomic mass is 19.1. The van der Waals surface area contributed by atoms with Crippen LogP contribution in [0.1, 0.15) is 18.4 Å². The van der Waals surface area contributed by atoms with Crippen LogP contribution >= 0.6 is 0 Å². The lowest BCUT2D eigenvalue weighted by Gasteiger charge is -2.13. The quantitative estimate of drug-likeness (QED) is 0.331. The van der Waals surface area contributed by atoms with E-state index < -0.39 is 23.0 Å². The van der Waals surface area contributed by atoms with Gasteiger partial charge in [0.05, 0.1) is 0 Å². The fourth-order valence-corrected chi connectivity index (χ4v) is 1.83. The molecule has 1 saturated carbocycles. The number of carbonyl (C=O) groups is 1. The molecule has 0 radical (unpaired) electrons. The number of benzene rings is 1. The number of nitrogens with two attached hydrogens (primary N) is 1. The van der Waals surface area contributed by atoms with Crippen LogP contribution in [0.4, 0.5) is 8.78 Å². The highest BCUT2D eigenvalue weighted by Gasteiger charge is 2.54. The summed E-state index contributed by atoms with van der Waals surface area (Å²) >= 11 is 0. The molecular weight excluding hydrogens is 256 g/mol. The standard InChI is InChI=1S/C12H13F2N3O2/c13-8-2-1-7(9(14)5-8)6-16-11(18)12(3-4-12)10(15)17-19/h1-2,5,19H,3-4,6H2,(H2,15,17)(H,16,18). The minimum atomic E-state index is -0.981. The van der Waals surface area contributed by atoms with E-state index in [1.165, 1.54) is 6.07 Å². The highest BCUT2D eigenvalue weighted by Crippen LogP contribution is 2.46. The van der Waals surface area contributed by atoms with Gasteiger partial charge < -0.3 is 16.3 Å². The molecule has 4 N–H and O–H groups in total. The average molecular weight is 269 g/mol. The van der Waals surface area contributed by atoms with Gasteiger partial charge in [-0.3, -0.25) is 4.79 Å². The summed E-state index contributed by atoms with van der Waals surface area (Å²) in [7, 11) is 0. The summed E-state index contributed by atoms with van der Waals surface area (Å²) < 4.78 is 26.1. The van der Waals surface area contributed by atoms with Gasteiger partial charge in [-0.25, -0.2) is 8.78 Å². The zero-order valence-corrected chi connectivity index (χ0v) is 9.99. The smallest absolute Gasteiger partial charge is 0.234 e. The normalized spacial score (nSPS) is 17.1. The van der Waals surface area contributed by atoms with Crippen molar-refractivity contribution in [1.29, 1.82) is 0 Å². The molecule has 0 heterocycles. The Morgan fingerprint density at radius 3 is 2.68 bits per heavy atom. The maximum absolute atomic E-state index is 13.4. The largest absolute Gasteiger partial charge is 0.409 e. The number of halogens is 2. The van der Waals surface area contributed by atoms with Crippen molar-refractivity contribution in [3.8, 4) is 0 Å². The van der Waals surface area contributed by atoms with Crippen LogP contribution in [0.3, 0.4) is 0 Å². The Kier molecular flexibility index (Phi) is 3.37. The summed E-state index contributed by atoms with van der Waals surface area (Å²) in [4.78, 5) is 11.9. The van der Waals surface area contributed by atoms with Crippen molar-refractivity contribution in [2.45, 2.75) is 19.4 Å². The summed E-state index contributed by atoms with van der Waals surface area (Å²) in [5.74, 6) is -1.98. The maximum Gasteiger partial charge on any atom is 0.234 e. The molecule has 2 rings (SSSR count). The van der Waals surface area contributed by atoms with Crippen LogP contribution in [0.15, 0.2) is 23.4 Å². The molecule has 1 aliphatic carbocycles. The summed E-state index contributed by atoms with van der Waals surface area (Å²) in [6, 6.07) is 3.12. The lowest BCUT2D eigenvalue weighted by atomic mass is 10.1. The predicted molar refractivity (Wildman–Crippen MR) is 63.3 cm³/mol. The van der Waals surface area contributed by atoms with Crippen LogP contribution in [0, 0.1) is 17.0 Å². The zero-order valence-electron chi connectivity index (χ0n) is 9.99. The van der Waals surface area contributed by atoms with Gasteiger partial charge in [0.1, 0.15) is 17.0 Å². The SMILES string of the molecule is N/C(=N/O)C1(C(=O)NCc2ccc(F)cc2F)CC1. The molecule has 7 heteroatoms. The van der Waals surface area contributed by atoms with Gasteiger partial charge in [-0.05, 0) is 18.9 Å². The molecule has 0 bridgehead atoms. The molecule has 0 aliphatic heterocycles. The average Bonchev–Trinajstić information content (AvgIpc) is 3.18. The number of carbonyl (C=O) groups excluding carboxylic acids is 1. The molecule has 1 fully saturated rings. The maximum atomic E-state index is 13.4. The van der Waals surface area contributed by atoms with E-state index in [1.54, 1.807) is 0 Å². The van der Waals surface area contributed by atoms with E-state index in [-0.39, 0.29) is 17.9 Å². The van der Waals surface area contributed by atoms with Crippen molar-refractivity contribution >= 4 is 11.7 Å². The third-order valence-corrected chi connectivity index (χ3v) is 3.24. The van der Waals surface area contributed by atoms with Crippen LogP contribution in [0.5, 0.6) is 0 Å². The number of hydrogen-bond donors (Lipinski definition) is 3. The van der Waals surface area contributed by atoms with Crippen LogP contribution in [0.25, 0.3) is 0 Å². The number of hydrogen-bond acceptors (Lipinski definition) is 3. The molecule has 0 unspecified atom stereocenters. The van der Waals surface area contributed by atoms with E-state index in [0.29, 0.717) is 12.8 Å². The van der Waals surface area contributed by atoms with E-state index in [4.69, 9.17) is 10.9 Å². The van der Waals surface area contributed by atoms with Gasteiger partial charge in [0.2, 0.25) is 5.91 Å². The van der Waals surface area contributed by atoms with Crippen LogP contribution in [0.2, 0.25) is 0 Å². The molecule has 1 amide bonds. The Morgan fingerprint density at radius 1 is 1.47 bits per heavy atom. The summed E-state index contributed by atoms with van der Waals surface area (Å²) in [5.41, 5.74) is 4.64. The van der Waals surface area contributed by atoms with Gasteiger partial charge in [0.25, 0.3) is 0 Å². The van der Waals surface area contributed by atoms with E-state index >= 15 is 0 Å². The summed E-state index contributed by atoms with van der Waals surface area (Å²) in [6.07, 6.45) is 0.973. The summed E-state index contributed by atoms with van der Waals surface area (Å²) in [6.45, 7) is -0.0780. The Morgan fingerprint density at radius 2 is 2.16 bits per heavy atom. The zero-order chi connectivity index (χ0) is 14.0. The molecule has 1 aliphatic rings. The Hall–Kier alpha value is -2.18. The first-order valence-corrected chi connectivity index (χ1v) is 5.70. The summed E-state index contributed by atoms with van der Waals surface area (Å²) in [5, 5.41) is 13.9. The number of rotatable bonds is 4. The van der Waals surface area contributed by atoms with Gasteiger partial charge in [-0.2, -0.15) is 0 Å². The van der Waals surface area contributed by atoms with E-state index in [9.17, 15) is 13.6 Å². The van der Waals surface area contributed by atoms with Gasteiger partial charge in [-0.1, -0.05) is 11.2 Å². The van der Waals surface area contributed by atoms with Crippen molar-refractivity contribution in [2.24, 2.45) is 16.3 Å². The van der Waals surface area contributed by atoms with E-state index in [2.05, 4.69) is 10.5 Å². The van der Waals surface area contributed by atoms with Crippen molar-refractivity contribution < 1.29 is 18.8 Å². The van der Waals surface area contributed by atoms with Crippen molar-refractivity contribution in [1.82, 2.24) is 5.32 Å². The van der Waals surface area contributed by atoms with Crippen LogP contribution in [-0.2, 0) is 11.3 Å². The van der Waals surface area contributed by atoms with Crippen molar-refractivity contribution in [2.75, 3.05) is 0 Å². The van der Waals surface area contributed by atoms with Gasteiger partial charge in [0.15, 0.2) is 5.84 Å². The molecule has 5 nitrogen and oxygen atoms in total. The second-order valence-electron chi connectivity index (χ2n) is 4.49. The minimum absolute atomic E-state index is 0.0780. The van der Waals surface area contributed by atoms with E-state index in [0.717, 1.165) is 12.1 Å². The van der Waals surface area contributed by atoms with E-state index in [1.807, 2.05) is 0 Å².